The summed E-state index contributed by atoms with van der Waals surface area (Å²) in [6.45, 7) is 6.84. The topological polar surface area (TPSA) is 96.2 Å². The molecule has 32 heavy (non-hydrogen) atoms. The number of hydrogen-bond acceptors (Lipinski definition) is 5. The molecule has 3 rings (SSSR count). The number of nitrogens with one attached hydrogen (secondary N) is 2. The molecule has 2 heterocycles. The summed E-state index contributed by atoms with van der Waals surface area (Å²) in [6, 6.07) is 7.66. The maximum atomic E-state index is 12.3. The van der Waals surface area contributed by atoms with E-state index in [1.165, 1.54) is 6.08 Å². The zero-order valence-electron chi connectivity index (χ0n) is 18.6. The third-order valence-corrected chi connectivity index (χ3v) is 5.81. The van der Waals surface area contributed by atoms with E-state index in [2.05, 4.69) is 14.5 Å². The Bertz CT molecular complexity index is 1110. The third kappa shape index (κ3) is 6.14. The summed E-state index contributed by atoms with van der Waals surface area (Å²) in [5.41, 5.74) is 2.54. The van der Waals surface area contributed by atoms with Gasteiger partial charge >= 0.3 is 0 Å². The fourth-order valence-electron chi connectivity index (χ4n) is 3.32. The number of nitrogens with zero attached hydrogens (tertiary/aromatic N) is 3. The van der Waals surface area contributed by atoms with E-state index in [0.29, 0.717) is 24.6 Å². The summed E-state index contributed by atoms with van der Waals surface area (Å²) >= 11 is 4.43. The van der Waals surface area contributed by atoms with Gasteiger partial charge in [0.05, 0.1) is 17.3 Å². The number of carbonyl (C=O) groups excluding carboxylic acids is 1. The Kier molecular flexibility index (Phi) is 8.38. The van der Waals surface area contributed by atoms with Gasteiger partial charge in [0.2, 0.25) is 0 Å². The van der Waals surface area contributed by atoms with E-state index < -0.39 is 17.5 Å². The fraction of sp³-hybridized carbons (Fsp3) is 0.364. The van der Waals surface area contributed by atoms with E-state index in [-0.39, 0.29) is 6.10 Å². The van der Waals surface area contributed by atoms with E-state index in [1.54, 1.807) is 10.8 Å². The van der Waals surface area contributed by atoms with Crippen molar-refractivity contribution < 1.29 is 14.1 Å². The van der Waals surface area contributed by atoms with Crippen LogP contribution >= 0.6 is 11.6 Å². The van der Waals surface area contributed by atoms with Crippen molar-refractivity contribution >= 4 is 46.0 Å². The quantitative estimate of drug-likeness (QED) is 0.265. The summed E-state index contributed by atoms with van der Waals surface area (Å²) in [7, 11) is 1.85. The number of carbonyl (C=O) groups is 1. The summed E-state index contributed by atoms with van der Waals surface area (Å²) in [4.78, 5) is 12.3. The molecule has 0 aliphatic heterocycles. The minimum atomic E-state index is -1.67. The minimum absolute atomic E-state index is 0.161. The molecule has 1 aromatic carbocycles. The second-order valence-electron chi connectivity index (χ2n) is 7.57. The molecule has 10 heteroatoms. The Morgan fingerprint density at radius 1 is 1.38 bits per heavy atom. The number of hydrogen-bond donors (Lipinski definition) is 2. The highest BCUT2D eigenvalue weighted by Gasteiger charge is 2.16. The molecule has 2 aromatic heterocycles. The van der Waals surface area contributed by atoms with Crippen LogP contribution in [-0.2, 0) is 28.1 Å². The first-order chi connectivity index (χ1) is 15.3. The lowest BCUT2D eigenvalue weighted by Crippen LogP contribution is -2.40. The molecule has 2 N–H and O–H groups in total. The number of rotatable bonds is 10. The number of aromatic nitrogens is 3. The van der Waals surface area contributed by atoms with Crippen LogP contribution in [0.2, 0.25) is 5.02 Å². The second kappa shape index (κ2) is 11.0. The van der Waals surface area contributed by atoms with Crippen molar-refractivity contribution in [2.45, 2.75) is 33.3 Å². The highest BCUT2D eigenvalue weighted by atomic mass is 35.5. The van der Waals surface area contributed by atoms with E-state index in [1.807, 2.05) is 62.8 Å². The zero-order valence-corrected chi connectivity index (χ0v) is 20.2. The standard InChI is InChI=1S/C22H28ClN5O3S/c1-15(2)31-13-5-11-24-32(30)26-21(29)9-7-19-16(3)25-27(4)22(19)28-12-10-17-14-18(23)6-8-20(17)28/h6-10,12,14-15,24H,5,11,13H2,1-4H3,(H,26,29)/b9-7+. The Morgan fingerprint density at radius 2 is 2.16 bits per heavy atom. The van der Waals surface area contributed by atoms with E-state index in [9.17, 15) is 9.35 Å². The molecule has 8 nitrogen and oxygen atoms in total. The van der Waals surface area contributed by atoms with Crippen LogP contribution in [0.3, 0.4) is 0 Å². The van der Waals surface area contributed by atoms with Crippen LogP contribution in [0.1, 0.15) is 31.5 Å². The monoisotopic (exact) mass is 477 g/mol. The Labute approximate surface area is 196 Å². The second-order valence-corrected chi connectivity index (χ2v) is 9.04. The normalized spacial score (nSPS) is 12.8. The van der Waals surface area contributed by atoms with Crippen LogP contribution in [0.25, 0.3) is 22.8 Å². The molecule has 1 atom stereocenters. The van der Waals surface area contributed by atoms with Crippen molar-refractivity contribution in [1.82, 2.24) is 23.8 Å². The van der Waals surface area contributed by atoms with Crippen LogP contribution in [0.5, 0.6) is 0 Å². The van der Waals surface area contributed by atoms with E-state index in [0.717, 1.165) is 28.0 Å². The first-order valence-corrected chi connectivity index (χ1v) is 11.8. The molecule has 0 aliphatic carbocycles. The largest absolute Gasteiger partial charge is 0.573 e. The fourth-order valence-corrected chi connectivity index (χ4v) is 4.15. The lowest BCUT2D eigenvalue weighted by atomic mass is 10.2. The highest BCUT2D eigenvalue weighted by molar-refractivity contribution is 7.88. The van der Waals surface area contributed by atoms with Gasteiger partial charge in [0, 0.05) is 48.4 Å². The predicted molar refractivity (Wildman–Crippen MR) is 129 cm³/mol. The van der Waals surface area contributed by atoms with Gasteiger partial charge in [-0.3, -0.25) is 9.48 Å². The van der Waals surface area contributed by atoms with Crippen molar-refractivity contribution in [2.75, 3.05) is 13.2 Å². The predicted octanol–water partition coefficient (Wildman–Crippen LogP) is 3.44. The molecule has 3 aromatic rings. The molecule has 0 aliphatic rings. The number of amides is 1. The number of fused-ring (bicyclic) bond motifs is 1. The lowest BCUT2D eigenvalue weighted by molar-refractivity contribution is -0.114. The number of ether oxygens (including phenoxy) is 1. The van der Waals surface area contributed by atoms with Gasteiger partial charge in [0.1, 0.15) is 5.82 Å². The van der Waals surface area contributed by atoms with Crippen molar-refractivity contribution in [3.8, 4) is 5.82 Å². The van der Waals surface area contributed by atoms with Crippen LogP contribution in [0.15, 0.2) is 36.5 Å². The molecule has 1 unspecified atom stereocenters. The molecule has 172 valence electrons. The number of halogens is 1. The average Bonchev–Trinajstić information content (AvgIpc) is 3.24. The smallest absolute Gasteiger partial charge is 0.286 e. The Morgan fingerprint density at radius 3 is 2.91 bits per heavy atom. The molecule has 0 bridgehead atoms. The molecular weight excluding hydrogens is 450 g/mol. The van der Waals surface area contributed by atoms with Gasteiger partial charge in [0.25, 0.3) is 5.91 Å². The zero-order chi connectivity index (χ0) is 23.3. The first kappa shape index (κ1) is 24.3. The first-order valence-electron chi connectivity index (χ1n) is 10.3. The molecule has 1 amide bonds. The van der Waals surface area contributed by atoms with Gasteiger partial charge in [-0.1, -0.05) is 11.6 Å². The van der Waals surface area contributed by atoms with Gasteiger partial charge < -0.3 is 13.9 Å². The minimum Gasteiger partial charge on any atom is -0.573 e. The summed E-state index contributed by atoms with van der Waals surface area (Å²) in [6.07, 6.45) is 5.84. The SMILES string of the molecule is Cc1nn(C)c(-n2ccc3cc(Cl)ccc32)c1/C=C/C(=O)N[S+]([O-])NCCCOC(C)C. The summed E-state index contributed by atoms with van der Waals surface area (Å²) in [5.74, 6) is 0.348. The van der Waals surface area contributed by atoms with Crippen LogP contribution in [-0.4, -0.2) is 44.1 Å². The molecule has 0 fully saturated rings. The Balaban J connectivity index is 1.68. The third-order valence-electron chi connectivity index (χ3n) is 4.72. The molecule has 0 saturated carbocycles. The number of benzene rings is 1. The van der Waals surface area contributed by atoms with Crippen molar-refractivity contribution in [2.24, 2.45) is 7.05 Å². The van der Waals surface area contributed by atoms with Crippen LogP contribution in [0, 0.1) is 6.92 Å². The van der Waals surface area contributed by atoms with E-state index >= 15 is 0 Å². The van der Waals surface area contributed by atoms with Gasteiger partial charge in [0.15, 0.2) is 11.5 Å². The molecular formula is C22H28ClN5O3S. The van der Waals surface area contributed by atoms with Gasteiger partial charge in [-0.2, -0.15) is 9.82 Å². The van der Waals surface area contributed by atoms with E-state index in [4.69, 9.17) is 16.3 Å². The van der Waals surface area contributed by atoms with Crippen LogP contribution in [0.4, 0.5) is 0 Å². The maximum Gasteiger partial charge on any atom is 0.286 e. The van der Waals surface area contributed by atoms with Crippen molar-refractivity contribution in [1.29, 1.82) is 0 Å². The van der Waals surface area contributed by atoms with Gasteiger partial charge in [-0.15, -0.1) is 4.72 Å². The van der Waals surface area contributed by atoms with Crippen molar-refractivity contribution in [3.63, 3.8) is 0 Å². The average molecular weight is 478 g/mol. The number of aryl methyl sites for hydroxylation is 2. The maximum absolute atomic E-state index is 12.3. The van der Waals surface area contributed by atoms with Gasteiger partial charge in [-0.05, 0) is 57.5 Å². The Hall–Kier alpha value is -2.30. The highest BCUT2D eigenvalue weighted by Crippen LogP contribution is 2.27. The van der Waals surface area contributed by atoms with Crippen molar-refractivity contribution in [3.05, 3.63) is 52.8 Å². The molecule has 0 radical (unpaired) electrons. The van der Waals surface area contributed by atoms with Crippen LogP contribution < -0.4 is 9.44 Å². The summed E-state index contributed by atoms with van der Waals surface area (Å²) in [5, 5.41) is 6.18. The van der Waals surface area contributed by atoms with Gasteiger partial charge in [-0.25, -0.2) is 0 Å². The lowest BCUT2D eigenvalue weighted by Gasteiger charge is -2.10. The molecule has 0 saturated heterocycles. The summed E-state index contributed by atoms with van der Waals surface area (Å²) < 4.78 is 26.4. The molecule has 0 spiro atoms.